The molecule has 5 heteroatoms. The fourth-order valence-electron chi connectivity index (χ4n) is 2.69. The van der Waals surface area contributed by atoms with Crippen LogP contribution in [0.2, 0.25) is 5.02 Å². The summed E-state index contributed by atoms with van der Waals surface area (Å²) in [5.74, 6) is -0.458. The molecule has 0 spiro atoms. The van der Waals surface area contributed by atoms with E-state index in [1.165, 1.54) is 11.8 Å². The summed E-state index contributed by atoms with van der Waals surface area (Å²) in [6.07, 6.45) is 1.04. The first-order valence-corrected chi connectivity index (χ1v) is 7.74. The molecular formula is C17H20ClNO3. The van der Waals surface area contributed by atoms with E-state index in [1.807, 2.05) is 13.8 Å². The molecule has 0 saturated carbocycles. The Morgan fingerprint density at radius 2 is 1.91 bits per heavy atom. The third-order valence-electron chi connectivity index (χ3n) is 4.18. The number of carbonyl (C=O) groups excluding carboxylic acids is 3. The first-order chi connectivity index (χ1) is 10.2. The Morgan fingerprint density at radius 3 is 2.55 bits per heavy atom. The van der Waals surface area contributed by atoms with Gasteiger partial charge >= 0.3 is 0 Å². The Bertz CT molecular complexity index is 637. The molecule has 1 aromatic carbocycles. The molecule has 0 radical (unpaired) electrons. The molecule has 0 saturated heterocycles. The second-order valence-electron chi connectivity index (χ2n) is 6.33. The lowest BCUT2D eigenvalue weighted by atomic mass is 9.79. The van der Waals surface area contributed by atoms with Crippen molar-refractivity contribution in [3.05, 3.63) is 34.3 Å². The predicted octanol–water partition coefficient (Wildman–Crippen LogP) is 3.26. The number of fused-ring (bicyclic) bond motifs is 1. The zero-order chi connectivity index (χ0) is 16.5. The van der Waals surface area contributed by atoms with E-state index >= 15 is 0 Å². The van der Waals surface area contributed by atoms with Gasteiger partial charge in [0, 0.05) is 35.9 Å². The number of halogens is 1. The molecular weight excluding hydrogens is 302 g/mol. The molecule has 0 fully saturated rings. The standard InChI is InChI=1S/C17H20ClNO3/c1-11(20)19-9-8-17(2,3)16(22)14-6-5-13(18)10-12(14)4-7-15(19)21/h5-6,10H,4,7-9H2,1-3H3. The molecule has 0 unspecified atom stereocenters. The number of nitrogens with zero attached hydrogens (tertiary/aromatic N) is 1. The molecule has 0 aliphatic carbocycles. The van der Waals surface area contributed by atoms with Crippen LogP contribution < -0.4 is 0 Å². The third-order valence-corrected chi connectivity index (χ3v) is 4.41. The third kappa shape index (κ3) is 3.38. The Hall–Kier alpha value is -1.68. The van der Waals surface area contributed by atoms with Crippen LogP contribution in [0.5, 0.6) is 0 Å². The van der Waals surface area contributed by atoms with Gasteiger partial charge in [-0.1, -0.05) is 25.4 Å². The van der Waals surface area contributed by atoms with Crippen LogP contribution in [0.4, 0.5) is 0 Å². The number of hydrogen-bond donors (Lipinski definition) is 0. The lowest BCUT2D eigenvalue weighted by Gasteiger charge is -2.29. The maximum absolute atomic E-state index is 12.8. The first-order valence-electron chi connectivity index (χ1n) is 7.36. The van der Waals surface area contributed by atoms with Crippen molar-refractivity contribution >= 4 is 29.2 Å². The maximum atomic E-state index is 12.8. The van der Waals surface area contributed by atoms with Crippen LogP contribution in [0.3, 0.4) is 0 Å². The number of aryl methyl sites for hydroxylation is 1. The highest BCUT2D eigenvalue weighted by Gasteiger charge is 2.33. The number of benzene rings is 1. The van der Waals surface area contributed by atoms with Crippen LogP contribution in [0, 0.1) is 5.41 Å². The highest BCUT2D eigenvalue weighted by molar-refractivity contribution is 6.30. The Balaban J connectivity index is 2.46. The number of carbonyl (C=O) groups is 3. The van der Waals surface area contributed by atoms with Crippen molar-refractivity contribution in [1.29, 1.82) is 0 Å². The van der Waals surface area contributed by atoms with Gasteiger partial charge in [-0.15, -0.1) is 0 Å². The summed E-state index contributed by atoms with van der Waals surface area (Å²) in [6.45, 7) is 5.34. The van der Waals surface area contributed by atoms with Gasteiger partial charge in [0.05, 0.1) is 0 Å². The van der Waals surface area contributed by atoms with E-state index < -0.39 is 5.41 Å². The van der Waals surface area contributed by atoms with Crippen molar-refractivity contribution in [3.63, 3.8) is 0 Å². The summed E-state index contributed by atoms with van der Waals surface area (Å²) in [5.41, 5.74) is 0.747. The van der Waals surface area contributed by atoms with Gasteiger partial charge in [-0.05, 0) is 36.6 Å². The summed E-state index contributed by atoms with van der Waals surface area (Å²) in [6, 6.07) is 5.16. The van der Waals surface area contributed by atoms with Gasteiger partial charge in [-0.25, -0.2) is 0 Å². The minimum absolute atomic E-state index is 0.0250. The van der Waals surface area contributed by atoms with Crippen molar-refractivity contribution in [2.45, 2.75) is 40.0 Å². The second-order valence-corrected chi connectivity index (χ2v) is 6.77. The quantitative estimate of drug-likeness (QED) is 0.737. The summed E-state index contributed by atoms with van der Waals surface area (Å²) < 4.78 is 0. The molecule has 1 heterocycles. The molecule has 1 aromatic rings. The molecule has 0 atom stereocenters. The molecule has 2 amide bonds. The highest BCUT2D eigenvalue weighted by Crippen LogP contribution is 2.30. The van der Waals surface area contributed by atoms with Crippen molar-refractivity contribution in [1.82, 2.24) is 4.90 Å². The summed E-state index contributed by atoms with van der Waals surface area (Å²) in [4.78, 5) is 38.0. The van der Waals surface area contributed by atoms with Crippen LogP contribution in [0.1, 0.15) is 49.5 Å². The fourth-order valence-corrected chi connectivity index (χ4v) is 2.89. The van der Waals surface area contributed by atoms with Crippen molar-refractivity contribution < 1.29 is 14.4 Å². The number of ketones is 1. The molecule has 0 aromatic heterocycles. The Kier molecular flexibility index (Phi) is 4.71. The van der Waals surface area contributed by atoms with E-state index in [0.717, 1.165) is 5.56 Å². The first kappa shape index (κ1) is 16.7. The molecule has 22 heavy (non-hydrogen) atoms. The zero-order valence-electron chi connectivity index (χ0n) is 13.1. The number of Topliss-reactive ketones (excluding diaryl/α,β-unsaturated/α-hetero) is 1. The van der Waals surface area contributed by atoms with Crippen molar-refractivity contribution in [2.24, 2.45) is 5.41 Å². The van der Waals surface area contributed by atoms with Crippen LogP contribution in [0.15, 0.2) is 18.2 Å². The smallest absolute Gasteiger partial charge is 0.229 e. The number of hydrogen-bond acceptors (Lipinski definition) is 3. The predicted molar refractivity (Wildman–Crippen MR) is 84.9 cm³/mol. The fraction of sp³-hybridized carbons (Fsp3) is 0.471. The molecule has 2 rings (SSSR count). The summed E-state index contributed by atoms with van der Waals surface area (Å²) in [7, 11) is 0. The largest absolute Gasteiger partial charge is 0.294 e. The van der Waals surface area contributed by atoms with E-state index in [4.69, 9.17) is 11.6 Å². The number of rotatable bonds is 0. The van der Waals surface area contributed by atoms with Crippen LogP contribution in [0.25, 0.3) is 0 Å². The van der Waals surface area contributed by atoms with Crippen LogP contribution in [-0.4, -0.2) is 29.0 Å². The molecule has 0 bridgehead atoms. The van der Waals surface area contributed by atoms with E-state index in [2.05, 4.69) is 0 Å². The zero-order valence-corrected chi connectivity index (χ0v) is 13.9. The maximum Gasteiger partial charge on any atom is 0.229 e. The molecule has 0 N–H and O–H groups in total. The average Bonchev–Trinajstić information content (AvgIpc) is 2.43. The minimum Gasteiger partial charge on any atom is -0.294 e. The molecule has 1 aliphatic heterocycles. The van der Waals surface area contributed by atoms with Gasteiger partial charge in [0.2, 0.25) is 11.8 Å². The average molecular weight is 322 g/mol. The van der Waals surface area contributed by atoms with E-state index in [9.17, 15) is 14.4 Å². The number of amides is 2. The van der Waals surface area contributed by atoms with Crippen LogP contribution in [-0.2, 0) is 16.0 Å². The Morgan fingerprint density at radius 1 is 1.23 bits per heavy atom. The second kappa shape index (κ2) is 6.21. The molecule has 4 nitrogen and oxygen atoms in total. The topological polar surface area (TPSA) is 54.5 Å². The normalized spacial score (nSPS) is 18.8. The Labute approximate surface area is 135 Å². The summed E-state index contributed by atoms with van der Waals surface area (Å²) in [5, 5.41) is 0.539. The van der Waals surface area contributed by atoms with E-state index in [0.29, 0.717) is 23.4 Å². The highest BCUT2D eigenvalue weighted by atomic mass is 35.5. The van der Waals surface area contributed by atoms with Crippen molar-refractivity contribution in [2.75, 3.05) is 6.54 Å². The van der Waals surface area contributed by atoms with Crippen molar-refractivity contribution in [3.8, 4) is 0 Å². The van der Waals surface area contributed by atoms with Gasteiger partial charge < -0.3 is 0 Å². The van der Waals surface area contributed by atoms with E-state index in [-0.39, 0.29) is 30.6 Å². The SMILES string of the molecule is CC(=O)N1CCC(C)(C)C(=O)c2ccc(Cl)cc2CCC1=O. The van der Waals surface area contributed by atoms with Gasteiger partial charge in [-0.3, -0.25) is 19.3 Å². The van der Waals surface area contributed by atoms with E-state index in [1.54, 1.807) is 18.2 Å². The lowest BCUT2D eigenvalue weighted by molar-refractivity contribution is -0.143. The van der Waals surface area contributed by atoms with Gasteiger partial charge in [0.15, 0.2) is 5.78 Å². The number of imide groups is 1. The monoisotopic (exact) mass is 321 g/mol. The van der Waals surface area contributed by atoms with Gasteiger partial charge in [0.25, 0.3) is 0 Å². The van der Waals surface area contributed by atoms with Gasteiger partial charge in [0.1, 0.15) is 0 Å². The lowest BCUT2D eigenvalue weighted by Crippen LogP contribution is -2.40. The minimum atomic E-state index is -0.645. The molecule has 1 aliphatic rings. The van der Waals surface area contributed by atoms with Gasteiger partial charge in [-0.2, -0.15) is 0 Å². The summed E-state index contributed by atoms with van der Waals surface area (Å²) >= 11 is 6.02. The molecule has 118 valence electrons. The van der Waals surface area contributed by atoms with Crippen LogP contribution >= 0.6 is 11.6 Å².